The molecule has 7 nitrogen and oxygen atoms in total. The minimum Gasteiger partial charge on any atom is -0.328 e. The molecule has 15 heavy (non-hydrogen) atoms. The van der Waals surface area contributed by atoms with Gasteiger partial charge in [0.05, 0.1) is 6.54 Å². The van der Waals surface area contributed by atoms with Crippen LogP contribution in [0.25, 0.3) is 0 Å². The quantitative estimate of drug-likeness (QED) is 0.607. The summed E-state index contributed by atoms with van der Waals surface area (Å²) in [5.74, 6) is 0.00778. The van der Waals surface area contributed by atoms with Crippen LogP contribution in [0, 0.1) is 0 Å². The largest absolute Gasteiger partial charge is 0.330 e. The molecule has 2 rings (SSSR count). The van der Waals surface area contributed by atoms with Crippen molar-refractivity contribution in [3.63, 3.8) is 0 Å². The Morgan fingerprint density at radius 3 is 2.87 bits per heavy atom. The Balaban J connectivity index is 2.43. The van der Waals surface area contributed by atoms with E-state index in [1.807, 2.05) is 0 Å². The molecule has 0 unspecified atom stereocenters. The topological polar surface area (TPSA) is 93.2 Å². The number of aryl methyl sites for hydroxylation is 1. The number of carbonyl (C=O) groups is 2. The van der Waals surface area contributed by atoms with E-state index in [9.17, 15) is 9.59 Å². The Morgan fingerprint density at radius 1 is 1.60 bits per heavy atom. The molecule has 80 valence electrons. The third-order valence-electron chi connectivity index (χ3n) is 2.16. The van der Waals surface area contributed by atoms with Gasteiger partial charge >= 0.3 is 6.03 Å². The maximum atomic E-state index is 11.4. The summed E-state index contributed by atoms with van der Waals surface area (Å²) in [6, 6.07) is -0.451. The van der Waals surface area contributed by atoms with Gasteiger partial charge in [-0.25, -0.2) is 9.69 Å². The Hall–Kier alpha value is -1.89. The number of carbonyl (C=O) groups excluding carboxylic acids is 2. The highest BCUT2D eigenvalue weighted by atomic mass is 16.2. The number of hydrogen-bond donors (Lipinski definition) is 2. The Morgan fingerprint density at radius 2 is 2.33 bits per heavy atom. The van der Waals surface area contributed by atoms with Crippen molar-refractivity contribution in [3.05, 3.63) is 11.8 Å². The van der Waals surface area contributed by atoms with Crippen molar-refractivity contribution in [3.8, 4) is 0 Å². The van der Waals surface area contributed by atoms with Crippen LogP contribution in [-0.4, -0.2) is 28.3 Å². The van der Waals surface area contributed by atoms with E-state index in [2.05, 4.69) is 10.4 Å². The van der Waals surface area contributed by atoms with E-state index in [1.54, 1.807) is 13.2 Å². The maximum Gasteiger partial charge on any atom is 0.330 e. The first-order chi connectivity index (χ1) is 7.13. The maximum absolute atomic E-state index is 11.4. The van der Waals surface area contributed by atoms with E-state index in [0.717, 1.165) is 4.90 Å². The Kier molecular flexibility index (Phi) is 2.16. The van der Waals surface area contributed by atoms with Crippen LogP contribution in [0.15, 0.2) is 6.20 Å². The van der Waals surface area contributed by atoms with Gasteiger partial charge in [-0.05, 0) is 0 Å². The molecule has 0 spiro atoms. The van der Waals surface area contributed by atoms with Crippen molar-refractivity contribution in [2.75, 3.05) is 11.4 Å². The molecule has 1 fully saturated rings. The predicted octanol–water partition coefficient (Wildman–Crippen LogP) is -1.06. The molecule has 3 N–H and O–H groups in total. The molecule has 0 aromatic carbocycles. The molecule has 1 saturated heterocycles. The zero-order chi connectivity index (χ0) is 11.0. The van der Waals surface area contributed by atoms with Crippen LogP contribution in [0.5, 0.6) is 0 Å². The first kappa shape index (κ1) is 9.66. The van der Waals surface area contributed by atoms with Gasteiger partial charge in [-0.1, -0.05) is 0 Å². The number of amides is 3. The van der Waals surface area contributed by atoms with Crippen LogP contribution in [0.4, 0.5) is 10.6 Å². The molecule has 0 saturated carbocycles. The number of nitrogens with zero attached hydrogens (tertiary/aromatic N) is 3. The monoisotopic (exact) mass is 209 g/mol. The van der Waals surface area contributed by atoms with E-state index in [-0.39, 0.29) is 19.0 Å². The van der Waals surface area contributed by atoms with Gasteiger partial charge in [0.2, 0.25) is 0 Å². The molecular formula is C8H11N5O2. The van der Waals surface area contributed by atoms with Crippen molar-refractivity contribution in [2.24, 2.45) is 12.8 Å². The van der Waals surface area contributed by atoms with Crippen LogP contribution < -0.4 is 16.0 Å². The number of nitrogens with two attached hydrogens (primary N) is 1. The highest BCUT2D eigenvalue weighted by Gasteiger charge is 2.33. The molecule has 1 aliphatic heterocycles. The predicted molar refractivity (Wildman–Crippen MR) is 52.0 cm³/mol. The second-order valence-electron chi connectivity index (χ2n) is 3.24. The fourth-order valence-corrected chi connectivity index (χ4v) is 1.49. The third kappa shape index (κ3) is 1.46. The highest BCUT2D eigenvalue weighted by molar-refractivity contribution is 6.19. The van der Waals surface area contributed by atoms with Gasteiger partial charge in [0.15, 0.2) is 5.82 Å². The smallest absolute Gasteiger partial charge is 0.328 e. The summed E-state index contributed by atoms with van der Waals surface area (Å²) in [6.07, 6.45) is 1.69. The van der Waals surface area contributed by atoms with Crippen LogP contribution >= 0.6 is 0 Å². The van der Waals surface area contributed by atoms with Gasteiger partial charge in [-0.3, -0.25) is 9.48 Å². The van der Waals surface area contributed by atoms with E-state index in [1.165, 1.54) is 4.68 Å². The minimum absolute atomic E-state index is 0.0133. The first-order valence-corrected chi connectivity index (χ1v) is 4.47. The fourth-order valence-electron chi connectivity index (χ4n) is 1.49. The van der Waals surface area contributed by atoms with Crippen molar-refractivity contribution < 1.29 is 9.59 Å². The highest BCUT2D eigenvalue weighted by Crippen LogP contribution is 2.19. The number of nitrogens with one attached hydrogen (secondary N) is 1. The van der Waals surface area contributed by atoms with E-state index < -0.39 is 6.03 Å². The molecule has 0 aliphatic carbocycles. The summed E-state index contributed by atoms with van der Waals surface area (Å²) in [7, 11) is 1.71. The second kappa shape index (κ2) is 3.35. The number of hydrogen-bond acceptors (Lipinski definition) is 4. The molecule has 7 heteroatoms. The van der Waals surface area contributed by atoms with Crippen molar-refractivity contribution in [2.45, 2.75) is 6.54 Å². The number of anilines is 1. The lowest BCUT2D eigenvalue weighted by molar-refractivity contribution is -0.115. The first-order valence-electron chi connectivity index (χ1n) is 4.47. The SMILES string of the molecule is Cn1cc(CN)c(N2C(=O)CNC2=O)n1. The van der Waals surface area contributed by atoms with E-state index >= 15 is 0 Å². The summed E-state index contributed by atoms with van der Waals surface area (Å²) in [5.41, 5.74) is 6.17. The van der Waals surface area contributed by atoms with Crippen LogP contribution in [-0.2, 0) is 18.4 Å². The zero-order valence-corrected chi connectivity index (χ0v) is 8.23. The van der Waals surface area contributed by atoms with Crippen LogP contribution in [0.1, 0.15) is 5.56 Å². The number of aromatic nitrogens is 2. The van der Waals surface area contributed by atoms with E-state index in [4.69, 9.17) is 5.73 Å². The average Bonchev–Trinajstić information content (AvgIpc) is 2.70. The lowest BCUT2D eigenvalue weighted by Gasteiger charge is -2.09. The van der Waals surface area contributed by atoms with Gasteiger partial charge < -0.3 is 11.1 Å². The summed E-state index contributed by atoms with van der Waals surface area (Å²) in [5, 5.41) is 6.47. The minimum atomic E-state index is -0.451. The molecule has 3 amide bonds. The normalized spacial score (nSPS) is 16.0. The molecule has 2 heterocycles. The third-order valence-corrected chi connectivity index (χ3v) is 2.16. The molecule has 0 atom stereocenters. The number of urea groups is 1. The Labute approximate surface area is 85.8 Å². The van der Waals surface area contributed by atoms with Crippen molar-refractivity contribution in [1.29, 1.82) is 0 Å². The molecule has 1 aromatic rings. The lowest BCUT2D eigenvalue weighted by Crippen LogP contribution is -2.32. The summed E-state index contributed by atoms with van der Waals surface area (Å²) in [4.78, 5) is 23.8. The second-order valence-corrected chi connectivity index (χ2v) is 3.24. The summed E-state index contributed by atoms with van der Waals surface area (Å²) < 4.78 is 1.52. The van der Waals surface area contributed by atoms with Gasteiger partial charge in [-0.15, -0.1) is 0 Å². The van der Waals surface area contributed by atoms with Gasteiger partial charge in [0.25, 0.3) is 5.91 Å². The average molecular weight is 209 g/mol. The molecular weight excluding hydrogens is 198 g/mol. The van der Waals surface area contributed by atoms with Gasteiger partial charge in [-0.2, -0.15) is 5.10 Å². The van der Waals surface area contributed by atoms with Gasteiger partial charge in [0, 0.05) is 25.4 Å². The van der Waals surface area contributed by atoms with E-state index in [0.29, 0.717) is 11.4 Å². The fraction of sp³-hybridized carbons (Fsp3) is 0.375. The molecule has 1 aromatic heterocycles. The molecule has 1 aliphatic rings. The number of rotatable bonds is 2. The lowest BCUT2D eigenvalue weighted by atomic mass is 10.3. The Bertz CT molecular complexity index is 409. The molecule has 0 radical (unpaired) electrons. The van der Waals surface area contributed by atoms with Gasteiger partial charge in [0.1, 0.15) is 0 Å². The van der Waals surface area contributed by atoms with Crippen LogP contribution in [0.3, 0.4) is 0 Å². The van der Waals surface area contributed by atoms with Crippen LogP contribution in [0.2, 0.25) is 0 Å². The number of imide groups is 1. The molecule has 0 bridgehead atoms. The van der Waals surface area contributed by atoms with Crippen molar-refractivity contribution >= 4 is 17.8 Å². The zero-order valence-electron chi connectivity index (χ0n) is 8.23. The van der Waals surface area contributed by atoms with Crippen molar-refractivity contribution in [1.82, 2.24) is 15.1 Å². The summed E-state index contributed by atoms with van der Waals surface area (Å²) in [6.45, 7) is 0.250. The summed E-state index contributed by atoms with van der Waals surface area (Å²) >= 11 is 0. The standard InChI is InChI=1S/C8H11N5O2/c1-12-4-5(2-9)7(11-12)13-6(14)3-10-8(13)15/h4H,2-3,9H2,1H3,(H,10,15).